The summed E-state index contributed by atoms with van der Waals surface area (Å²) in [6.45, 7) is -0.279. The summed E-state index contributed by atoms with van der Waals surface area (Å²) in [6, 6.07) is 1.23. The van der Waals surface area contributed by atoms with Gasteiger partial charge in [0.25, 0.3) is 5.56 Å². The Morgan fingerprint density at radius 2 is 2.33 bits per heavy atom. The van der Waals surface area contributed by atoms with Gasteiger partial charge in [0.15, 0.2) is 0 Å². The van der Waals surface area contributed by atoms with Gasteiger partial charge in [0.2, 0.25) is 0 Å². The Bertz CT molecular complexity index is 579. The van der Waals surface area contributed by atoms with E-state index in [4.69, 9.17) is 4.74 Å². The van der Waals surface area contributed by atoms with Crippen LogP contribution in [0.5, 0.6) is 0 Å². The number of aromatic nitrogens is 2. The monoisotopic (exact) mass is 254 g/mol. The Morgan fingerprint density at radius 3 is 2.94 bits per heavy atom. The number of hydrogen-bond acceptors (Lipinski definition) is 5. The molecule has 2 fully saturated rings. The normalized spacial score (nSPS) is 38.2. The molecular formula is C11H14N2O5. The van der Waals surface area contributed by atoms with Crippen molar-refractivity contribution in [1.82, 2.24) is 9.55 Å². The van der Waals surface area contributed by atoms with E-state index >= 15 is 0 Å². The van der Waals surface area contributed by atoms with Gasteiger partial charge in [-0.2, -0.15) is 0 Å². The number of aromatic amines is 1. The minimum absolute atomic E-state index is 0.235. The van der Waals surface area contributed by atoms with Gasteiger partial charge in [-0.3, -0.25) is 14.3 Å². The molecule has 0 radical (unpaired) electrons. The van der Waals surface area contributed by atoms with Crippen molar-refractivity contribution >= 4 is 0 Å². The van der Waals surface area contributed by atoms with E-state index in [0.29, 0.717) is 12.8 Å². The maximum Gasteiger partial charge on any atom is 0.330 e. The van der Waals surface area contributed by atoms with Gasteiger partial charge < -0.3 is 14.9 Å². The summed E-state index contributed by atoms with van der Waals surface area (Å²) in [6.07, 6.45) is 1.18. The zero-order valence-corrected chi connectivity index (χ0v) is 9.57. The molecule has 18 heavy (non-hydrogen) atoms. The standard InChI is InChI=1S/C11H14N2O5/c14-5-11-3-1-6(8(11)16)9(18-11)13-4-2-7(15)12-10(13)17/h2,4,6,8-9,14,16H,1,3,5H2,(H,12,15,17). The summed E-state index contributed by atoms with van der Waals surface area (Å²) < 4.78 is 6.91. The van der Waals surface area contributed by atoms with Gasteiger partial charge in [0.1, 0.15) is 11.8 Å². The molecule has 2 aliphatic rings. The number of nitrogens with zero attached hydrogens (tertiary/aromatic N) is 1. The summed E-state index contributed by atoms with van der Waals surface area (Å²) in [7, 11) is 0. The Kier molecular flexibility index (Phi) is 2.44. The maximum absolute atomic E-state index is 11.7. The molecule has 3 rings (SSSR count). The second-order valence-electron chi connectivity index (χ2n) is 4.90. The lowest BCUT2D eigenvalue weighted by Crippen LogP contribution is -2.41. The van der Waals surface area contributed by atoms with Crippen molar-refractivity contribution in [1.29, 1.82) is 0 Å². The van der Waals surface area contributed by atoms with Crippen LogP contribution in [0.1, 0.15) is 19.1 Å². The lowest BCUT2D eigenvalue weighted by atomic mass is 10.0. The Balaban J connectivity index is 2.01. The minimum Gasteiger partial charge on any atom is -0.393 e. The van der Waals surface area contributed by atoms with E-state index in [9.17, 15) is 19.8 Å². The molecule has 4 unspecified atom stereocenters. The number of H-pyrrole nitrogens is 1. The summed E-state index contributed by atoms with van der Waals surface area (Å²) >= 11 is 0. The van der Waals surface area contributed by atoms with E-state index in [2.05, 4.69) is 4.98 Å². The van der Waals surface area contributed by atoms with Crippen molar-refractivity contribution in [3.05, 3.63) is 33.1 Å². The Hall–Kier alpha value is -1.44. The number of rotatable bonds is 2. The highest BCUT2D eigenvalue weighted by Crippen LogP contribution is 2.51. The first-order chi connectivity index (χ1) is 8.57. The summed E-state index contributed by atoms with van der Waals surface area (Å²) in [4.78, 5) is 24.8. The molecule has 98 valence electrons. The van der Waals surface area contributed by atoms with E-state index in [-0.39, 0.29) is 12.5 Å². The summed E-state index contributed by atoms with van der Waals surface area (Å²) in [5.41, 5.74) is -2.01. The van der Waals surface area contributed by atoms with Crippen molar-refractivity contribution < 1.29 is 14.9 Å². The topological polar surface area (TPSA) is 105 Å². The first-order valence-electron chi connectivity index (χ1n) is 5.86. The summed E-state index contributed by atoms with van der Waals surface area (Å²) in [5, 5.41) is 19.4. The molecule has 1 aromatic rings. The molecule has 2 bridgehead atoms. The van der Waals surface area contributed by atoms with Crippen molar-refractivity contribution in [3.8, 4) is 0 Å². The van der Waals surface area contributed by atoms with Gasteiger partial charge >= 0.3 is 5.69 Å². The molecule has 0 amide bonds. The molecule has 1 aliphatic heterocycles. The predicted molar refractivity (Wildman–Crippen MR) is 60.0 cm³/mol. The molecule has 0 aromatic carbocycles. The van der Waals surface area contributed by atoms with Crippen LogP contribution in [0.15, 0.2) is 21.9 Å². The Labute approximate surface area is 102 Å². The average Bonchev–Trinajstić information content (AvgIpc) is 2.81. The molecule has 1 saturated heterocycles. The molecule has 2 heterocycles. The molecule has 7 nitrogen and oxygen atoms in total. The molecule has 1 aromatic heterocycles. The third-order valence-electron chi connectivity index (χ3n) is 3.96. The third kappa shape index (κ3) is 1.41. The van der Waals surface area contributed by atoms with E-state index in [0.717, 1.165) is 0 Å². The number of nitrogens with one attached hydrogen (secondary N) is 1. The van der Waals surface area contributed by atoms with Crippen LogP contribution in [0.4, 0.5) is 0 Å². The number of ether oxygens (including phenoxy) is 1. The highest BCUT2D eigenvalue weighted by molar-refractivity contribution is 5.07. The number of fused-ring (bicyclic) bond motifs is 2. The minimum atomic E-state index is -0.967. The maximum atomic E-state index is 11.7. The second-order valence-corrected chi connectivity index (χ2v) is 4.90. The molecular weight excluding hydrogens is 240 g/mol. The fourth-order valence-corrected chi connectivity index (χ4v) is 2.96. The predicted octanol–water partition coefficient (Wildman–Crippen LogP) is -1.43. The van der Waals surface area contributed by atoms with Crippen LogP contribution in [0, 0.1) is 5.92 Å². The third-order valence-corrected chi connectivity index (χ3v) is 3.96. The van der Waals surface area contributed by atoms with E-state index in [1.165, 1.54) is 16.8 Å². The number of aliphatic hydroxyl groups is 2. The van der Waals surface area contributed by atoms with E-state index in [1.54, 1.807) is 0 Å². The van der Waals surface area contributed by atoms with Crippen molar-refractivity contribution in [2.24, 2.45) is 5.92 Å². The van der Waals surface area contributed by atoms with Crippen LogP contribution in [0.25, 0.3) is 0 Å². The van der Waals surface area contributed by atoms with E-state index in [1.807, 2.05) is 0 Å². The largest absolute Gasteiger partial charge is 0.393 e. The smallest absolute Gasteiger partial charge is 0.330 e. The van der Waals surface area contributed by atoms with Crippen LogP contribution >= 0.6 is 0 Å². The number of hydrogen-bond donors (Lipinski definition) is 3. The van der Waals surface area contributed by atoms with Gasteiger partial charge in [-0.1, -0.05) is 0 Å². The van der Waals surface area contributed by atoms with Gasteiger partial charge in [0.05, 0.1) is 12.7 Å². The van der Waals surface area contributed by atoms with Gasteiger partial charge in [-0.15, -0.1) is 0 Å². The van der Waals surface area contributed by atoms with Gasteiger partial charge in [0, 0.05) is 18.2 Å². The highest BCUT2D eigenvalue weighted by atomic mass is 16.6. The van der Waals surface area contributed by atoms with Crippen LogP contribution in [0.3, 0.4) is 0 Å². The molecule has 0 spiro atoms. The first-order valence-corrected chi connectivity index (χ1v) is 5.86. The lowest BCUT2D eigenvalue weighted by molar-refractivity contribution is -0.140. The van der Waals surface area contributed by atoms with Gasteiger partial charge in [-0.05, 0) is 12.8 Å². The van der Waals surface area contributed by atoms with Gasteiger partial charge in [-0.25, -0.2) is 4.79 Å². The van der Waals surface area contributed by atoms with Crippen molar-refractivity contribution in [2.45, 2.75) is 30.8 Å². The zero-order chi connectivity index (χ0) is 12.9. The fourth-order valence-electron chi connectivity index (χ4n) is 2.96. The van der Waals surface area contributed by atoms with Crippen LogP contribution < -0.4 is 11.2 Å². The quantitative estimate of drug-likeness (QED) is 0.600. The summed E-state index contributed by atoms with van der Waals surface area (Å²) in [5.74, 6) is -0.235. The molecule has 3 N–H and O–H groups in total. The second kappa shape index (κ2) is 3.78. The Morgan fingerprint density at radius 1 is 1.56 bits per heavy atom. The van der Waals surface area contributed by atoms with Crippen molar-refractivity contribution in [2.75, 3.05) is 6.61 Å². The van der Waals surface area contributed by atoms with E-state index < -0.39 is 29.2 Å². The highest BCUT2D eigenvalue weighted by Gasteiger charge is 2.59. The fraction of sp³-hybridized carbons (Fsp3) is 0.636. The molecule has 7 heteroatoms. The zero-order valence-electron chi connectivity index (χ0n) is 9.57. The van der Waals surface area contributed by atoms with Crippen LogP contribution in [-0.4, -0.2) is 38.1 Å². The molecule has 1 saturated carbocycles. The van der Waals surface area contributed by atoms with Crippen LogP contribution in [0.2, 0.25) is 0 Å². The average molecular weight is 254 g/mol. The molecule has 1 aliphatic carbocycles. The van der Waals surface area contributed by atoms with Crippen molar-refractivity contribution in [3.63, 3.8) is 0 Å². The first kappa shape index (κ1) is 11.6. The molecule has 4 atom stereocenters. The lowest BCUT2D eigenvalue weighted by Gasteiger charge is -2.29. The number of aliphatic hydroxyl groups excluding tert-OH is 2. The van der Waals surface area contributed by atoms with Crippen LogP contribution in [-0.2, 0) is 4.74 Å². The SMILES string of the molecule is O=c1ccn(C2OC3(CO)CCC2C3O)c(=O)[nH]1.